The maximum absolute atomic E-state index is 11.0. The number of rotatable bonds is 4. The standard InChI is InChI=1S/C10H12N2O3/c11-5-6-2-1-3-7(4-6)8(9(12)13)10(14)15/h1-4,8H,5,11H2,(H2,12,13)(H,14,15). The zero-order valence-corrected chi connectivity index (χ0v) is 8.01. The highest BCUT2D eigenvalue weighted by Gasteiger charge is 2.25. The third kappa shape index (κ3) is 2.54. The molecule has 5 nitrogen and oxygen atoms in total. The van der Waals surface area contributed by atoms with E-state index in [4.69, 9.17) is 16.6 Å². The van der Waals surface area contributed by atoms with Gasteiger partial charge in [0.15, 0.2) is 5.92 Å². The number of benzene rings is 1. The molecular formula is C10H12N2O3. The van der Waals surface area contributed by atoms with E-state index in [1.165, 1.54) is 0 Å². The van der Waals surface area contributed by atoms with Gasteiger partial charge in [0, 0.05) is 6.54 Å². The van der Waals surface area contributed by atoms with E-state index in [-0.39, 0.29) is 0 Å². The topological polar surface area (TPSA) is 106 Å². The molecule has 1 rings (SSSR count). The largest absolute Gasteiger partial charge is 0.480 e. The van der Waals surface area contributed by atoms with Crippen molar-refractivity contribution in [2.24, 2.45) is 11.5 Å². The number of carbonyl (C=O) groups is 2. The summed E-state index contributed by atoms with van der Waals surface area (Å²) in [4.78, 5) is 21.8. The number of aliphatic carboxylic acids is 1. The maximum atomic E-state index is 11.0. The van der Waals surface area contributed by atoms with Crippen LogP contribution in [0, 0.1) is 0 Å². The van der Waals surface area contributed by atoms with E-state index < -0.39 is 17.8 Å². The van der Waals surface area contributed by atoms with Crippen LogP contribution in [0.15, 0.2) is 24.3 Å². The molecule has 0 fully saturated rings. The molecule has 0 saturated heterocycles. The molecule has 1 aromatic rings. The van der Waals surface area contributed by atoms with E-state index in [1.807, 2.05) is 0 Å². The second-order valence-corrected chi connectivity index (χ2v) is 3.12. The van der Waals surface area contributed by atoms with Crippen molar-refractivity contribution in [1.82, 2.24) is 0 Å². The monoisotopic (exact) mass is 208 g/mol. The predicted molar refractivity (Wildman–Crippen MR) is 53.9 cm³/mol. The molecule has 5 N–H and O–H groups in total. The average molecular weight is 208 g/mol. The molecule has 0 saturated carbocycles. The number of carboxylic acid groups (broad SMARTS) is 1. The molecule has 0 bridgehead atoms. The van der Waals surface area contributed by atoms with E-state index in [0.29, 0.717) is 12.1 Å². The average Bonchev–Trinajstić information content (AvgIpc) is 2.17. The summed E-state index contributed by atoms with van der Waals surface area (Å²) in [5, 5.41) is 8.83. The van der Waals surface area contributed by atoms with Crippen LogP contribution in [0.25, 0.3) is 0 Å². The third-order valence-electron chi connectivity index (χ3n) is 2.05. The van der Waals surface area contributed by atoms with Crippen LogP contribution in [0.4, 0.5) is 0 Å². The molecule has 1 unspecified atom stereocenters. The van der Waals surface area contributed by atoms with Gasteiger partial charge in [-0.25, -0.2) is 0 Å². The summed E-state index contributed by atoms with van der Waals surface area (Å²) in [6.07, 6.45) is 0. The number of hydrogen-bond donors (Lipinski definition) is 3. The molecule has 1 amide bonds. The van der Waals surface area contributed by atoms with Crippen molar-refractivity contribution >= 4 is 11.9 Å². The van der Waals surface area contributed by atoms with Crippen LogP contribution in [0.3, 0.4) is 0 Å². The summed E-state index contributed by atoms with van der Waals surface area (Å²) >= 11 is 0. The predicted octanol–water partition coefficient (Wildman–Crippen LogP) is -0.201. The first-order chi connectivity index (χ1) is 7.06. The highest BCUT2D eigenvalue weighted by Crippen LogP contribution is 2.17. The molecule has 80 valence electrons. The second-order valence-electron chi connectivity index (χ2n) is 3.12. The van der Waals surface area contributed by atoms with Gasteiger partial charge in [-0.15, -0.1) is 0 Å². The minimum atomic E-state index is -1.31. The highest BCUT2D eigenvalue weighted by atomic mass is 16.4. The normalized spacial score (nSPS) is 12.1. The van der Waals surface area contributed by atoms with Crippen LogP contribution < -0.4 is 11.5 Å². The van der Waals surface area contributed by atoms with Crippen molar-refractivity contribution in [2.75, 3.05) is 0 Å². The zero-order valence-electron chi connectivity index (χ0n) is 8.01. The Labute approximate surface area is 86.7 Å². The Morgan fingerprint density at radius 2 is 2.07 bits per heavy atom. The van der Waals surface area contributed by atoms with Crippen molar-refractivity contribution in [1.29, 1.82) is 0 Å². The van der Waals surface area contributed by atoms with Gasteiger partial charge in [-0.3, -0.25) is 9.59 Å². The van der Waals surface area contributed by atoms with Crippen molar-refractivity contribution in [3.05, 3.63) is 35.4 Å². The first kappa shape index (κ1) is 11.2. The summed E-state index contributed by atoms with van der Waals surface area (Å²) in [6.45, 7) is 0.291. The minimum absolute atomic E-state index is 0.291. The Hall–Kier alpha value is -1.88. The second kappa shape index (κ2) is 4.56. The van der Waals surface area contributed by atoms with Gasteiger partial charge < -0.3 is 16.6 Å². The van der Waals surface area contributed by atoms with Crippen molar-refractivity contribution in [3.8, 4) is 0 Å². The molecule has 0 spiro atoms. The molecule has 15 heavy (non-hydrogen) atoms. The van der Waals surface area contributed by atoms with E-state index >= 15 is 0 Å². The first-order valence-corrected chi connectivity index (χ1v) is 4.37. The number of carbonyl (C=O) groups excluding carboxylic acids is 1. The number of nitrogens with two attached hydrogens (primary N) is 2. The lowest BCUT2D eigenvalue weighted by Gasteiger charge is -2.09. The van der Waals surface area contributed by atoms with Crippen molar-refractivity contribution < 1.29 is 14.7 Å². The molecule has 0 heterocycles. The smallest absolute Gasteiger partial charge is 0.320 e. The van der Waals surface area contributed by atoms with Gasteiger partial charge in [0.25, 0.3) is 0 Å². The highest BCUT2D eigenvalue weighted by molar-refractivity contribution is 6.01. The van der Waals surface area contributed by atoms with Gasteiger partial charge in [0.2, 0.25) is 5.91 Å². The van der Waals surface area contributed by atoms with Crippen molar-refractivity contribution in [2.45, 2.75) is 12.5 Å². The third-order valence-corrected chi connectivity index (χ3v) is 2.05. The SMILES string of the molecule is NCc1cccc(C(C(N)=O)C(=O)O)c1. The lowest BCUT2D eigenvalue weighted by atomic mass is 9.97. The fourth-order valence-electron chi connectivity index (χ4n) is 1.33. The molecule has 0 aliphatic rings. The summed E-state index contributed by atoms with van der Waals surface area (Å²) < 4.78 is 0. The van der Waals surface area contributed by atoms with Crippen LogP contribution in [-0.4, -0.2) is 17.0 Å². The van der Waals surface area contributed by atoms with Gasteiger partial charge in [0.1, 0.15) is 0 Å². The number of carboxylic acids is 1. The molecule has 0 aliphatic heterocycles. The zero-order chi connectivity index (χ0) is 11.4. The lowest BCUT2D eigenvalue weighted by molar-refractivity contribution is -0.142. The Balaban J connectivity index is 3.11. The van der Waals surface area contributed by atoms with Crippen LogP contribution in [-0.2, 0) is 16.1 Å². The summed E-state index contributed by atoms with van der Waals surface area (Å²) in [5.74, 6) is -3.44. The first-order valence-electron chi connectivity index (χ1n) is 4.37. The quantitative estimate of drug-likeness (QED) is 0.595. The van der Waals surface area contributed by atoms with E-state index in [1.54, 1.807) is 24.3 Å². The maximum Gasteiger partial charge on any atom is 0.320 e. The van der Waals surface area contributed by atoms with Crippen LogP contribution in [0.2, 0.25) is 0 Å². The van der Waals surface area contributed by atoms with Gasteiger partial charge in [-0.1, -0.05) is 24.3 Å². The van der Waals surface area contributed by atoms with Crippen LogP contribution in [0.1, 0.15) is 17.0 Å². The lowest BCUT2D eigenvalue weighted by Crippen LogP contribution is -2.28. The van der Waals surface area contributed by atoms with E-state index in [9.17, 15) is 9.59 Å². The van der Waals surface area contributed by atoms with Crippen molar-refractivity contribution in [3.63, 3.8) is 0 Å². The minimum Gasteiger partial charge on any atom is -0.480 e. The molecule has 0 radical (unpaired) electrons. The van der Waals surface area contributed by atoms with Gasteiger partial charge in [-0.2, -0.15) is 0 Å². The molecule has 0 aliphatic carbocycles. The van der Waals surface area contributed by atoms with Crippen LogP contribution >= 0.6 is 0 Å². The summed E-state index contributed by atoms with van der Waals surface area (Å²) in [6, 6.07) is 6.52. The number of hydrogen-bond acceptors (Lipinski definition) is 3. The van der Waals surface area contributed by atoms with Gasteiger partial charge in [-0.05, 0) is 11.1 Å². The van der Waals surface area contributed by atoms with E-state index in [2.05, 4.69) is 0 Å². The Morgan fingerprint density at radius 3 is 2.53 bits per heavy atom. The fraction of sp³-hybridized carbons (Fsp3) is 0.200. The fourth-order valence-corrected chi connectivity index (χ4v) is 1.33. The molecule has 0 aromatic heterocycles. The molecule has 1 aromatic carbocycles. The summed E-state index contributed by atoms with van der Waals surface area (Å²) in [7, 11) is 0. The van der Waals surface area contributed by atoms with Gasteiger partial charge >= 0.3 is 5.97 Å². The summed E-state index contributed by atoms with van der Waals surface area (Å²) in [5.41, 5.74) is 11.5. The Bertz CT molecular complexity index is 376. The number of primary amides is 1. The number of amides is 1. The van der Waals surface area contributed by atoms with Crippen LogP contribution in [0.5, 0.6) is 0 Å². The van der Waals surface area contributed by atoms with Gasteiger partial charge in [0.05, 0.1) is 0 Å². The molecule has 5 heteroatoms. The Kier molecular flexibility index (Phi) is 3.41. The molecular weight excluding hydrogens is 196 g/mol. The van der Waals surface area contributed by atoms with E-state index in [0.717, 1.165) is 5.56 Å². The molecule has 1 atom stereocenters. The Morgan fingerprint density at radius 1 is 1.40 bits per heavy atom.